The first kappa shape index (κ1) is 32.7. The van der Waals surface area contributed by atoms with Crippen molar-refractivity contribution in [2.24, 2.45) is 0 Å². The molecule has 3 aromatic rings. The molecule has 1 N–H and O–H groups in total. The highest BCUT2D eigenvalue weighted by Gasteiger charge is 2.82. The first-order valence-corrected chi connectivity index (χ1v) is 16.2. The summed E-state index contributed by atoms with van der Waals surface area (Å²) < 4.78 is 161. The Balaban J connectivity index is 1.88. The summed E-state index contributed by atoms with van der Waals surface area (Å²) in [4.78, 5) is 2.30. The summed E-state index contributed by atoms with van der Waals surface area (Å²) in [6.07, 6.45) is 0. The zero-order valence-corrected chi connectivity index (χ0v) is 23.5. The van der Waals surface area contributed by atoms with Crippen LogP contribution in [0.1, 0.15) is 0 Å². The molecule has 0 bridgehead atoms. The van der Waals surface area contributed by atoms with Crippen molar-refractivity contribution >= 4 is 41.3 Å². The number of hydrogen-bond donors (Lipinski definition) is 1. The molecule has 0 heterocycles. The fraction of sp³-hybridized carbons (Fsp3) is 0.182. The van der Waals surface area contributed by atoms with Crippen LogP contribution >= 0.6 is 0 Å². The van der Waals surface area contributed by atoms with Crippen LogP contribution in [0.4, 0.5) is 26.3 Å². The average Bonchev–Trinajstić information content (AvgIpc) is 2.90. The zero-order valence-electron chi connectivity index (χ0n) is 20.2. The van der Waals surface area contributed by atoms with Gasteiger partial charge in [0.15, 0.2) is 14.7 Å². The molecule has 0 fully saturated rings. The molecule has 0 aliphatic heterocycles. The van der Waals surface area contributed by atoms with Crippen molar-refractivity contribution in [1.82, 2.24) is 4.13 Å². The van der Waals surface area contributed by atoms with E-state index in [1.54, 1.807) is 36.4 Å². The van der Waals surface area contributed by atoms with Gasteiger partial charge >= 0.3 is 36.9 Å². The number of hydrogen-bond acceptors (Lipinski definition) is 8. The van der Waals surface area contributed by atoms with E-state index in [1.807, 2.05) is 24.3 Å². The van der Waals surface area contributed by atoms with Crippen LogP contribution in [0.2, 0.25) is 0 Å². The molecular weight excluding hydrogens is 648 g/mol. The molecular formula is C22H18F6NO8S4+. The lowest BCUT2D eigenvalue weighted by Crippen LogP contribution is -2.63. The van der Waals surface area contributed by atoms with Crippen molar-refractivity contribution in [3.05, 3.63) is 84.9 Å². The van der Waals surface area contributed by atoms with E-state index in [1.165, 1.54) is 12.1 Å². The third-order valence-corrected chi connectivity index (χ3v) is 11.6. The maximum atomic E-state index is 14.2. The highest BCUT2D eigenvalue weighted by atomic mass is 32.3. The maximum Gasteiger partial charge on any atom is 0.439 e. The van der Waals surface area contributed by atoms with Gasteiger partial charge in [-0.2, -0.15) is 43.2 Å². The van der Waals surface area contributed by atoms with Crippen molar-refractivity contribution in [3.8, 4) is 5.75 Å². The second kappa shape index (κ2) is 11.4. The van der Waals surface area contributed by atoms with Gasteiger partial charge in [0, 0.05) is 0 Å². The summed E-state index contributed by atoms with van der Waals surface area (Å²) in [6.45, 7) is 0. The largest absolute Gasteiger partial charge is 0.439 e. The molecule has 0 amide bonds. The Hall–Kier alpha value is -2.84. The quantitative estimate of drug-likeness (QED) is 0.174. The van der Waals surface area contributed by atoms with Crippen molar-refractivity contribution in [1.29, 1.82) is 0 Å². The van der Waals surface area contributed by atoms with Gasteiger partial charge in [-0.3, -0.25) is 4.18 Å². The van der Waals surface area contributed by atoms with E-state index < -0.39 is 63.5 Å². The van der Waals surface area contributed by atoms with Crippen LogP contribution in [0, 0.1) is 0 Å². The summed E-state index contributed by atoms with van der Waals surface area (Å²) in [5, 5.41) is -13.8. The summed E-state index contributed by atoms with van der Waals surface area (Å²) >= 11 is 0. The second-order valence-corrected chi connectivity index (χ2v) is 14.8. The van der Waals surface area contributed by atoms with E-state index in [4.69, 9.17) is 0 Å². The summed E-state index contributed by atoms with van der Waals surface area (Å²) in [5.74, 6) is -7.88. The normalized spacial score (nSPS) is 13.8. The Morgan fingerprint density at radius 2 is 1.05 bits per heavy atom. The maximum absolute atomic E-state index is 14.2. The number of sulfonamides is 1. The molecule has 19 heteroatoms. The highest BCUT2D eigenvalue weighted by Crippen LogP contribution is 2.51. The first-order chi connectivity index (χ1) is 18.8. The minimum absolute atomic E-state index is 0.0732. The molecule has 0 aromatic heterocycles. The third-order valence-electron chi connectivity index (χ3n) is 5.04. The Morgan fingerprint density at radius 1 is 0.634 bits per heavy atom. The van der Waals surface area contributed by atoms with E-state index in [-0.39, 0.29) is 11.2 Å². The molecule has 3 rings (SSSR count). The molecule has 3 aromatic carbocycles. The van der Waals surface area contributed by atoms with Gasteiger partial charge in [-0.1, -0.05) is 40.5 Å². The Morgan fingerprint density at radius 3 is 1.46 bits per heavy atom. The van der Waals surface area contributed by atoms with Gasteiger partial charge in [0.25, 0.3) is 10.0 Å². The molecule has 0 spiro atoms. The first-order valence-electron chi connectivity index (χ1n) is 10.7. The predicted molar refractivity (Wildman–Crippen MR) is 134 cm³/mol. The molecule has 224 valence electrons. The second-order valence-electron chi connectivity index (χ2n) is 7.76. The molecule has 0 aliphatic rings. The Bertz CT molecular complexity index is 1650. The molecule has 41 heavy (non-hydrogen) atoms. The van der Waals surface area contributed by atoms with Crippen LogP contribution < -0.4 is 8.31 Å². The van der Waals surface area contributed by atoms with Crippen LogP contribution in [0.25, 0.3) is 0 Å². The smallest absolute Gasteiger partial charge is 0.370 e. The van der Waals surface area contributed by atoms with Gasteiger partial charge in [-0.05, 0) is 48.5 Å². The van der Waals surface area contributed by atoms with Crippen LogP contribution in [0.5, 0.6) is 5.75 Å². The molecule has 0 unspecified atom stereocenters. The lowest BCUT2D eigenvalue weighted by atomic mass is 10.3. The SMILES string of the molecule is COS(=O)(=O)C(F)(F)C(F)(F)C(F)(F)S(=O)(=O)NS(=O)(=O)Oc1ccc([S+](c2ccccc2)c2ccccc2)cc1. The lowest BCUT2D eigenvalue weighted by Gasteiger charge is -2.30. The monoisotopic (exact) mass is 666 g/mol. The number of alkyl halides is 6. The Kier molecular flexibility index (Phi) is 9.12. The molecule has 0 aliphatic carbocycles. The number of nitrogens with one attached hydrogen (secondary N) is 1. The molecule has 0 saturated heterocycles. The van der Waals surface area contributed by atoms with Gasteiger partial charge in [-0.15, -0.1) is 0 Å². The highest BCUT2D eigenvalue weighted by molar-refractivity contribution is 8.03. The van der Waals surface area contributed by atoms with Gasteiger partial charge in [0.05, 0.1) is 18.0 Å². The van der Waals surface area contributed by atoms with Gasteiger partial charge < -0.3 is 4.18 Å². The number of halogens is 6. The van der Waals surface area contributed by atoms with Crippen molar-refractivity contribution in [2.45, 2.75) is 31.1 Å². The van der Waals surface area contributed by atoms with Gasteiger partial charge in [0.2, 0.25) is 0 Å². The number of rotatable bonds is 12. The molecule has 0 atom stereocenters. The molecule has 9 nitrogen and oxygen atoms in total. The van der Waals surface area contributed by atoms with Crippen LogP contribution in [0.3, 0.4) is 0 Å². The fourth-order valence-corrected chi connectivity index (χ4v) is 8.34. The molecule has 0 saturated carbocycles. The predicted octanol–water partition coefficient (Wildman–Crippen LogP) is 4.12. The third kappa shape index (κ3) is 6.33. The topological polar surface area (TPSA) is 133 Å². The Labute approximate surface area is 233 Å². The van der Waals surface area contributed by atoms with E-state index in [0.29, 0.717) is 4.90 Å². The van der Waals surface area contributed by atoms with E-state index in [2.05, 4.69) is 8.37 Å². The van der Waals surface area contributed by atoms with Crippen molar-refractivity contribution < 1.29 is 60.0 Å². The zero-order chi connectivity index (χ0) is 30.9. The van der Waals surface area contributed by atoms with E-state index in [9.17, 15) is 51.6 Å². The minimum Gasteiger partial charge on any atom is -0.370 e. The summed E-state index contributed by atoms with van der Waals surface area (Å²) in [6, 6.07) is 22.8. The fourth-order valence-electron chi connectivity index (χ4n) is 3.08. The summed E-state index contributed by atoms with van der Waals surface area (Å²) in [5.41, 5.74) is 0. The molecule has 0 radical (unpaired) electrons. The van der Waals surface area contributed by atoms with Crippen LogP contribution in [0.15, 0.2) is 99.6 Å². The van der Waals surface area contributed by atoms with Crippen molar-refractivity contribution in [3.63, 3.8) is 0 Å². The number of benzene rings is 3. The van der Waals surface area contributed by atoms with Crippen LogP contribution in [-0.2, 0) is 45.5 Å². The summed E-state index contributed by atoms with van der Waals surface area (Å²) in [7, 11) is -20.8. The standard InChI is InChI=1S/C22H18F6NO8S4/c1-36-40(32,33)22(27,28)20(23,24)21(25,26)39(30,31)29-41(34,35)37-16-12-14-19(15-13-16)38(17-8-4-2-5-9-17)18-10-6-3-7-11-18/h2-15,29H,1H3/q+1. The van der Waals surface area contributed by atoms with E-state index in [0.717, 1.165) is 21.9 Å². The lowest BCUT2D eigenvalue weighted by molar-refractivity contribution is -0.246. The van der Waals surface area contributed by atoms with E-state index >= 15 is 0 Å². The average molecular weight is 667 g/mol. The van der Waals surface area contributed by atoms with Crippen LogP contribution in [-0.4, -0.2) is 48.8 Å². The van der Waals surface area contributed by atoms with Gasteiger partial charge in [0.1, 0.15) is 5.75 Å². The van der Waals surface area contributed by atoms with Crippen molar-refractivity contribution in [2.75, 3.05) is 7.11 Å². The van der Waals surface area contributed by atoms with Gasteiger partial charge in [-0.25, -0.2) is 8.42 Å². The minimum atomic E-state index is -7.29.